The fourth-order valence-electron chi connectivity index (χ4n) is 1.98. The molecule has 0 saturated carbocycles. The zero-order chi connectivity index (χ0) is 16.7. The average Bonchev–Trinajstić information content (AvgIpc) is 2.59. The highest BCUT2D eigenvalue weighted by Crippen LogP contribution is 2.27. The number of ether oxygens (including phenoxy) is 2. The molecule has 0 aliphatic rings. The molecule has 0 unspecified atom stereocenters. The van der Waals surface area contributed by atoms with E-state index < -0.39 is 0 Å². The summed E-state index contributed by atoms with van der Waals surface area (Å²) in [7, 11) is 3.20. The molecule has 0 aromatic heterocycles. The predicted molar refractivity (Wildman–Crippen MR) is 94.4 cm³/mol. The monoisotopic (exact) mass is 331 g/mol. The summed E-state index contributed by atoms with van der Waals surface area (Å²) in [4.78, 5) is 0.601. The molecule has 0 bridgehead atoms. The number of rotatable bonds is 6. The van der Waals surface area contributed by atoms with Gasteiger partial charge in [0.2, 0.25) is 0 Å². The molecule has 120 valence electrons. The molecule has 0 saturated heterocycles. The molecule has 0 spiro atoms. The van der Waals surface area contributed by atoms with Gasteiger partial charge < -0.3 is 14.8 Å². The minimum absolute atomic E-state index is 0.246. The lowest BCUT2D eigenvalue weighted by Gasteiger charge is -2.08. The zero-order valence-corrected chi connectivity index (χ0v) is 13.8. The molecule has 0 fully saturated rings. The van der Waals surface area contributed by atoms with Gasteiger partial charge in [0.05, 0.1) is 19.2 Å². The van der Waals surface area contributed by atoms with Crippen molar-refractivity contribution in [2.24, 2.45) is 0 Å². The molecule has 0 amide bonds. The van der Waals surface area contributed by atoms with Crippen molar-refractivity contribution in [1.29, 1.82) is 0 Å². The third kappa shape index (κ3) is 5.07. The Morgan fingerprint density at radius 1 is 1.09 bits per heavy atom. The first kappa shape index (κ1) is 17.0. The quantitative estimate of drug-likeness (QED) is 0.641. The van der Waals surface area contributed by atoms with Crippen LogP contribution >= 0.6 is 12.2 Å². The predicted octanol–water partition coefficient (Wildman–Crippen LogP) is 3.97. The maximum absolute atomic E-state index is 12.8. The van der Waals surface area contributed by atoms with E-state index in [4.69, 9.17) is 21.7 Å². The Hall–Kier alpha value is -2.40. The number of thiocarbonyl (C=S) groups is 1. The Balaban J connectivity index is 1.94. The second-order valence-corrected chi connectivity index (χ2v) is 5.23. The van der Waals surface area contributed by atoms with Gasteiger partial charge in [-0.3, -0.25) is 0 Å². The summed E-state index contributed by atoms with van der Waals surface area (Å²) in [6.45, 7) is 0.551. The van der Waals surface area contributed by atoms with Crippen molar-refractivity contribution >= 4 is 23.3 Å². The average molecular weight is 331 g/mol. The van der Waals surface area contributed by atoms with Crippen LogP contribution in [0.25, 0.3) is 6.08 Å². The smallest absolute Gasteiger partial charge is 0.161 e. The second-order valence-electron chi connectivity index (χ2n) is 4.79. The topological polar surface area (TPSA) is 30.5 Å². The van der Waals surface area contributed by atoms with Crippen molar-refractivity contribution in [1.82, 2.24) is 5.32 Å². The minimum Gasteiger partial charge on any atom is -0.493 e. The summed E-state index contributed by atoms with van der Waals surface area (Å²) >= 11 is 5.26. The van der Waals surface area contributed by atoms with Crippen LogP contribution in [0, 0.1) is 5.82 Å². The van der Waals surface area contributed by atoms with Gasteiger partial charge in [-0.05, 0) is 41.5 Å². The minimum atomic E-state index is -0.246. The number of halogens is 1. The summed E-state index contributed by atoms with van der Waals surface area (Å²) in [5, 5.41) is 3.11. The van der Waals surface area contributed by atoms with Crippen LogP contribution < -0.4 is 14.8 Å². The molecule has 3 nitrogen and oxygen atoms in total. The molecular weight excluding hydrogens is 313 g/mol. The molecule has 2 rings (SSSR count). The van der Waals surface area contributed by atoms with Crippen LogP contribution in [-0.4, -0.2) is 19.2 Å². The van der Waals surface area contributed by atoms with Gasteiger partial charge in [0.15, 0.2) is 11.5 Å². The van der Waals surface area contributed by atoms with Crippen molar-refractivity contribution in [3.8, 4) is 11.5 Å². The van der Waals surface area contributed by atoms with Crippen LogP contribution in [0.4, 0.5) is 4.39 Å². The van der Waals surface area contributed by atoms with E-state index in [1.807, 2.05) is 24.3 Å². The van der Waals surface area contributed by atoms with Crippen LogP contribution in [0.15, 0.2) is 48.5 Å². The summed E-state index contributed by atoms with van der Waals surface area (Å²) < 4.78 is 23.3. The number of hydrogen-bond acceptors (Lipinski definition) is 3. The molecule has 5 heteroatoms. The summed E-state index contributed by atoms with van der Waals surface area (Å²) in [6, 6.07) is 11.9. The first-order chi connectivity index (χ1) is 11.1. The van der Waals surface area contributed by atoms with E-state index in [0.717, 1.165) is 11.1 Å². The van der Waals surface area contributed by atoms with Crippen LogP contribution in [0.2, 0.25) is 0 Å². The van der Waals surface area contributed by atoms with Crippen LogP contribution in [-0.2, 0) is 6.54 Å². The Morgan fingerprint density at radius 3 is 2.43 bits per heavy atom. The van der Waals surface area contributed by atoms with E-state index in [0.29, 0.717) is 23.0 Å². The molecule has 0 radical (unpaired) electrons. The largest absolute Gasteiger partial charge is 0.493 e. The Labute approximate surface area is 140 Å². The molecule has 23 heavy (non-hydrogen) atoms. The van der Waals surface area contributed by atoms with E-state index in [2.05, 4.69) is 5.32 Å². The van der Waals surface area contributed by atoms with Gasteiger partial charge in [-0.15, -0.1) is 0 Å². The van der Waals surface area contributed by atoms with Crippen molar-refractivity contribution in [2.75, 3.05) is 14.2 Å². The third-order valence-electron chi connectivity index (χ3n) is 3.21. The van der Waals surface area contributed by atoms with E-state index in [1.165, 1.54) is 12.1 Å². The van der Waals surface area contributed by atoms with Gasteiger partial charge in [0, 0.05) is 6.54 Å². The molecule has 0 heterocycles. The highest BCUT2D eigenvalue weighted by molar-refractivity contribution is 7.80. The highest BCUT2D eigenvalue weighted by atomic mass is 32.1. The summed E-state index contributed by atoms with van der Waals surface area (Å²) in [5.74, 6) is 1.10. The summed E-state index contributed by atoms with van der Waals surface area (Å²) in [5.41, 5.74) is 1.92. The molecule has 0 aliphatic carbocycles. The summed E-state index contributed by atoms with van der Waals surface area (Å²) in [6.07, 6.45) is 3.70. The van der Waals surface area contributed by atoms with Gasteiger partial charge in [0.1, 0.15) is 5.82 Å². The van der Waals surface area contributed by atoms with Crippen molar-refractivity contribution in [2.45, 2.75) is 6.54 Å². The lowest BCUT2D eigenvalue weighted by molar-refractivity contribution is 0.355. The van der Waals surface area contributed by atoms with Crippen LogP contribution in [0.5, 0.6) is 11.5 Å². The zero-order valence-electron chi connectivity index (χ0n) is 13.0. The third-order valence-corrected chi connectivity index (χ3v) is 3.50. The van der Waals surface area contributed by atoms with Crippen LogP contribution in [0.3, 0.4) is 0 Å². The molecule has 1 N–H and O–H groups in total. The Bertz CT molecular complexity index is 699. The van der Waals surface area contributed by atoms with Gasteiger partial charge in [0.25, 0.3) is 0 Å². The highest BCUT2D eigenvalue weighted by Gasteiger charge is 2.02. The SMILES string of the molecule is COc1ccc(/C=C/C(=S)NCc2ccc(F)cc2)cc1OC. The van der Waals surface area contributed by atoms with Crippen molar-refractivity contribution in [3.05, 3.63) is 65.5 Å². The molecule has 2 aromatic carbocycles. The normalized spacial score (nSPS) is 10.6. The second kappa shape index (κ2) is 8.29. The van der Waals surface area contributed by atoms with Gasteiger partial charge in [-0.25, -0.2) is 4.39 Å². The van der Waals surface area contributed by atoms with E-state index >= 15 is 0 Å². The molecule has 0 aliphatic heterocycles. The van der Waals surface area contributed by atoms with E-state index in [-0.39, 0.29) is 5.82 Å². The number of nitrogens with one attached hydrogen (secondary N) is 1. The lowest BCUT2D eigenvalue weighted by atomic mass is 10.2. The van der Waals surface area contributed by atoms with Gasteiger partial charge in [-0.1, -0.05) is 36.5 Å². The number of methoxy groups -OCH3 is 2. The van der Waals surface area contributed by atoms with Crippen LogP contribution in [0.1, 0.15) is 11.1 Å². The van der Waals surface area contributed by atoms with Crippen molar-refractivity contribution < 1.29 is 13.9 Å². The molecular formula is C18H18FNO2S. The molecule has 2 aromatic rings. The number of hydrogen-bond donors (Lipinski definition) is 1. The lowest BCUT2D eigenvalue weighted by Crippen LogP contribution is -2.18. The maximum atomic E-state index is 12.8. The fourth-order valence-corrected chi connectivity index (χ4v) is 2.12. The van der Waals surface area contributed by atoms with Gasteiger partial charge in [-0.2, -0.15) is 0 Å². The molecule has 0 atom stereocenters. The number of benzene rings is 2. The Morgan fingerprint density at radius 2 is 1.78 bits per heavy atom. The first-order valence-corrected chi connectivity index (χ1v) is 7.45. The van der Waals surface area contributed by atoms with Gasteiger partial charge >= 0.3 is 0 Å². The fraction of sp³-hybridized carbons (Fsp3) is 0.167. The first-order valence-electron chi connectivity index (χ1n) is 7.05. The Kier molecular flexibility index (Phi) is 6.11. The van der Waals surface area contributed by atoms with Crippen molar-refractivity contribution in [3.63, 3.8) is 0 Å². The van der Waals surface area contributed by atoms with E-state index in [1.54, 1.807) is 32.4 Å². The standard InChI is InChI=1S/C18H18FNO2S/c1-21-16-9-5-13(11-17(16)22-2)6-10-18(23)20-12-14-3-7-15(19)8-4-14/h3-11H,12H2,1-2H3,(H,20,23)/b10-6+. The maximum Gasteiger partial charge on any atom is 0.161 e. The van der Waals surface area contributed by atoms with E-state index in [9.17, 15) is 4.39 Å².